The molecule has 0 radical (unpaired) electrons. The van der Waals surface area contributed by atoms with Gasteiger partial charge in [-0.2, -0.15) is 4.57 Å². The highest BCUT2D eigenvalue weighted by molar-refractivity contribution is 5.09. The van der Waals surface area contributed by atoms with Gasteiger partial charge in [0.15, 0.2) is 0 Å². The Morgan fingerprint density at radius 2 is 2.11 bits per heavy atom. The van der Waals surface area contributed by atoms with Crippen molar-refractivity contribution in [1.29, 1.82) is 0 Å². The molecule has 2 rings (SSSR count). The molecule has 0 aliphatic carbocycles. The molecule has 3 unspecified atom stereocenters. The Morgan fingerprint density at radius 1 is 1.42 bits per heavy atom. The van der Waals surface area contributed by atoms with Crippen LogP contribution in [-0.2, 0) is 4.74 Å². The Kier molecular flexibility index (Phi) is 3.75. The molecule has 3 N–H and O–H groups in total. The number of hydrogen-bond donors (Lipinski definition) is 3. The van der Waals surface area contributed by atoms with Gasteiger partial charge >= 0.3 is 5.95 Å². The van der Waals surface area contributed by atoms with Gasteiger partial charge in [-0.1, -0.05) is 4.98 Å². The van der Waals surface area contributed by atoms with Gasteiger partial charge in [-0.15, -0.1) is 0 Å². The fraction of sp³-hybridized carbons (Fsp3) is 0.667. The summed E-state index contributed by atoms with van der Waals surface area (Å²) in [7, 11) is 0. The predicted molar refractivity (Wildman–Crippen MR) is 56.8 cm³/mol. The Hall–Kier alpha value is -1.62. The lowest BCUT2D eigenvalue weighted by Crippen LogP contribution is -2.56. The van der Waals surface area contributed by atoms with Crippen LogP contribution < -0.4 is 0 Å². The number of aromatic nitrogens is 2. The summed E-state index contributed by atoms with van der Waals surface area (Å²) >= 11 is 0. The molecule has 1 saturated heterocycles. The van der Waals surface area contributed by atoms with Crippen LogP contribution in [0.4, 0.5) is 10.3 Å². The zero-order valence-electron chi connectivity index (χ0n) is 9.53. The van der Waals surface area contributed by atoms with Crippen LogP contribution in [0.25, 0.3) is 0 Å². The molecule has 106 valence electrons. The van der Waals surface area contributed by atoms with Gasteiger partial charge in [-0.3, -0.25) is 0 Å². The van der Waals surface area contributed by atoms with Crippen LogP contribution in [0.2, 0.25) is 0 Å². The quantitative estimate of drug-likeness (QED) is 0.464. The first-order valence-electron chi connectivity index (χ1n) is 5.40. The number of aliphatic hydroxyl groups is 3. The van der Waals surface area contributed by atoms with E-state index in [1.165, 1.54) is 0 Å². The second-order valence-electron chi connectivity index (χ2n) is 4.08. The molecule has 1 aliphatic rings. The molecule has 0 aromatic carbocycles. The molecule has 10 heteroatoms. The molecular weight excluding hydrogens is 264 g/mol. The summed E-state index contributed by atoms with van der Waals surface area (Å²) in [6, 6.07) is 0. The first-order valence-corrected chi connectivity index (χ1v) is 5.40. The summed E-state index contributed by atoms with van der Waals surface area (Å²) in [6.07, 6.45) is -5.46. The summed E-state index contributed by atoms with van der Waals surface area (Å²) < 4.78 is 18.6. The van der Waals surface area contributed by atoms with E-state index in [2.05, 4.69) is 4.98 Å². The lowest BCUT2D eigenvalue weighted by molar-refractivity contribution is -0.400. The molecule has 1 aliphatic heterocycles. The van der Waals surface area contributed by atoms with Crippen molar-refractivity contribution < 1.29 is 29.4 Å². The van der Waals surface area contributed by atoms with Crippen molar-refractivity contribution in [2.45, 2.75) is 30.6 Å². The van der Waals surface area contributed by atoms with E-state index >= 15 is 0 Å². The van der Waals surface area contributed by atoms with Crippen molar-refractivity contribution in [3.63, 3.8) is 0 Å². The van der Waals surface area contributed by atoms with Gasteiger partial charge in [0.05, 0.1) is 0 Å². The van der Waals surface area contributed by atoms with Crippen LogP contribution in [0, 0.1) is 10.1 Å². The Balaban J connectivity index is 2.32. The van der Waals surface area contributed by atoms with Gasteiger partial charge < -0.3 is 30.2 Å². The van der Waals surface area contributed by atoms with E-state index < -0.39 is 48.2 Å². The highest BCUT2D eigenvalue weighted by atomic mass is 18.2. The van der Waals surface area contributed by atoms with E-state index in [9.17, 15) is 29.8 Å². The van der Waals surface area contributed by atoms with E-state index in [1.807, 2.05) is 0 Å². The first kappa shape index (κ1) is 13.8. The summed E-state index contributed by atoms with van der Waals surface area (Å²) in [5, 5.41) is 39.6. The van der Waals surface area contributed by atoms with Crippen LogP contribution in [0.1, 0.15) is 6.23 Å². The second-order valence-corrected chi connectivity index (χ2v) is 4.08. The van der Waals surface area contributed by atoms with Crippen molar-refractivity contribution in [1.82, 2.24) is 9.55 Å². The Labute approximate surface area is 106 Å². The maximum atomic E-state index is 12.7. The molecule has 0 bridgehead atoms. The van der Waals surface area contributed by atoms with Gasteiger partial charge in [0.1, 0.15) is 43.5 Å². The minimum absolute atomic E-state index is 0.620. The lowest BCUT2D eigenvalue weighted by Gasteiger charge is -2.38. The second kappa shape index (κ2) is 5.17. The van der Waals surface area contributed by atoms with E-state index in [4.69, 9.17) is 4.74 Å². The van der Waals surface area contributed by atoms with Gasteiger partial charge in [0, 0.05) is 0 Å². The number of nitrogens with zero attached hydrogens (tertiary/aromatic N) is 3. The lowest BCUT2D eigenvalue weighted by atomic mass is 9.98. The molecule has 9 nitrogen and oxygen atoms in total. The average molecular weight is 276 g/mol. The van der Waals surface area contributed by atoms with Crippen LogP contribution in [0.5, 0.6) is 0 Å². The number of aliphatic hydroxyl groups excluding tert-OH is 3. The number of rotatable bonds is 3. The third kappa shape index (κ3) is 2.30. The van der Waals surface area contributed by atoms with Crippen molar-refractivity contribution in [3.05, 3.63) is 22.5 Å². The Bertz CT molecular complexity index is 467. The van der Waals surface area contributed by atoms with Crippen molar-refractivity contribution >= 4 is 5.95 Å². The van der Waals surface area contributed by atoms with Crippen LogP contribution in [0.3, 0.4) is 0 Å². The van der Waals surface area contributed by atoms with Crippen molar-refractivity contribution in [3.8, 4) is 0 Å². The zero-order valence-corrected chi connectivity index (χ0v) is 9.53. The third-order valence-electron chi connectivity index (χ3n) is 2.92. The zero-order chi connectivity index (χ0) is 14.2. The van der Waals surface area contributed by atoms with Crippen LogP contribution in [0.15, 0.2) is 12.4 Å². The van der Waals surface area contributed by atoms with E-state index in [0.29, 0.717) is 0 Å². The van der Waals surface area contributed by atoms with Gasteiger partial charge in [-0.25, -0.2) is 4.39 Å². The van der Waals surface area contributed by atoms with Gasteiger partial charge in [0.25, 0.3) is 0 Å². The number of ether oxygens (including phenoxy) is 1. The molecule has 1 aromatic heterocycles. The largest absolute Gasteiger partial charge is 0.436 e. The maximum absolute atomic E-state index is 12.7. The summed E-state index contributed by atoms with van der Waals surface area (Å²) in [5.41, 5.74) is 0. The summed E-state index contributed by atoms with van der Waals surface area (Å²) in [5.74, 6) is -0.620. The molecule has 19 heavy (non-hydrogen) atoms. The monoisotopic (exact) mass is 276 g/mol. The Morgan fingerprint density at radius 3 is 2.68 bits per heavy atom. The van der Waals surface area contributed by atoms with E-state index in [0.717, 1.165) is 17.0 Å². The van der Waals surface area contributed by atoms with Crippen LogP contribution in [-0.4, -0.2) is 60.9 Å². The van der Waals surface area contributed by atoms with Crippen molar-refractivity contribution in [2.75, 3.05) is 6.67 Å². The average Bonchev–Trinajstić information content (AvgIpc) is 2.85. The van der Waals surface area contributed by atoms with Crippen LogP contribution >= 0.6 is 0 Å². The molecule has 0 spiro atoms. The number of imidazole rings is 1. The molecular formula is C9H12FN3O6. The number of halogens is 1. The standard InChI is InChI=1S/C9H12FN3O6/c10-3-4-5(14)6(15)7(16)8(19-4)12-2-1-11-9(12)13(17)18/h1-2,4-8,14-16H,3H2/t4?,5-,6?,7?,8+/m0/s1/i10-1. The highest BCUT2D eigenvalue weighted by Crippen LogP contribution is 2.30. The summed E-state index contributed by atoms with van der Waals surface area (Å²) in [4.78, 5) is 13.4. The first-order chi connectivity index (χ1) is 8.97. The molecule has 1 aromatic rings. The SMILES string of the molecule is O=[N+]([O-])c1nccn1[C@@H]1OC(C[18F])[C@H](O)C(O)C1O. The molecule has 2 heterocycles. The smallest absolute Gasteiger partial charge is 0.390 e. The normalized spacial score (nSPS) is 35.3. The minimum atomic E-state index is -1.68. The fourth-order valence-corrected chi connectivity index (χ4v) is 1.93. The molecule has 5 atom stereocenters. The molecule has 1 fully saturated rings. The minimum Gasteiger partial charge on any atom is -0.390 e. The summed E-state index contributed by atoms with van der Waals surface area (Å²) in [6.45, 7) is -1.11. The number of alkyl halides is 1. The maximum Gasteiger partial charge on any atom is 0.436 e. The molecule has 0 saturated carbocycles. The van der Waals surface area contributed by atoms with E-state index in [1.54, 1.807) is 0 Å². The highest BCUT2D eigenvalue weighted by Gasteiger charge is 2.47. The third-order valence-corrected chi connectivity index (χ3v) is 2.92. The van der Waals surface area contributed by atoms with Gasteiger partial charge in [-0.05, 0) is 4.92 Å². The number of nitro groups is 1. The fourth-order valence-electron chi connectivity index (χ4n) is 1.93. The predicted octanol–water partition coefficient (Wildman–Crippen LogP) is -1.26. The topological polar surface area (TPSA) is 131 Å². The molecule has 0 amide bonds. The number of hydrogen-bond acceptors (Lipinski definition) is 7. The van der Waals surface area contributed by atoms with E-state index in [-0.39, 0.29) is 0 Å². The van der Waals surface area contributed by atoms with Crippen molar-refractivity contribution in [2.24, 2.45) is 0 Å². The van der Waals surface area contributed by atoms with Gasteiger partial charge in [0.2, 0.25) is 6.23 Å².